The van der Waals surface area contributed by atoms with Gasteiger partial charge >= 0.3 is 6.03 Å². The van der Waals surface area contributed by atoms with E-state index >= 15 is 0 Å². The Hall–Kier alpha value is -0.770. The van der Waals surface area contributed by atoms with Crippen molar-refractivity contribution >= 4 is 6.03 Å². The van der Waals surface area contributed by atoms with Crippen molar-refractivity contribution in [3.8, 4) is 0 Å². The molecule has 1 heterocycles. The molecule has 0 aromatic rings. The van der Waals surface area contributed by atoms with E-state index in [1.54, 1.807) is 0 Å². The lowest BCUT2D eigenvalue weighted by Crippen LogP contribution is -2.47. The number of hydrogen-bond acceptors (Lipinski definition) is 2. The number of hydrogen-bond donors (Lipinski definition) is 1. The fraction of sp³-hybridized carbons (Fsp3) is 0.917. The second-order valence-electron chi connectivity index (χ2n) is 4.53. The van der Waals surface area contributed by atoms with Crippen LogP contribution in [0.5, 0.6) is 0 Å². The van der Waals surface area contributed by atoms with E-state index in [-0.39, 0.29) is 12.1 Å². The average molecular weight is 227 g/mol. The Morgan fingerprint density at radius 1 is 1.31 bits per heavy atom. The van der Waals surface area contributed by atoms with Gasteiger partial charge in [0.15, 0.2) is 0 Å². The molecule has 0 aromatic carbocycles. The van der Waals surface area contributed by atoms with E-state index in [4.69, 9.17) is 0 Å². The van der Waals surface area contributed by atoms with Gasteiger partial charge in [-0.25, -0.2) is 4.79 Å². The standard InChI is InChI=1S/C12H25N3O/c1-4-15(5-2)12(16)13-11(3)10-14-8-6-7-9-14/h11H,4-10H2,1-3H3,(H,13,16). The van der Waals surface area contributed by atoms with E-state index < -0.39 is 0 Å². The molecule has 1 rings (SSSR count). The maximum Gasteiger partial charge on any atom is 0.317 e. The van der Waals surface area contributed by atoms with Crippen LogP contribution in [0.3, 0.4) is 0 Å². The molecule has 0 spiro atoms. The molecule has 1 aliphatic rings. The first-order valence-electron chi connectivity index (χ1n) is 6.45. The Balaban J connectivity index is 2.26. The highest BCUT2D eigenvalue weighted by molar-refractivity contribution is 5.74. The lowest BCUT2D eigenvalue weighted by Gasteiger charge is -2.25. The molecule has 1 fully saturated rings. The quantitative estimate of drug-likeness (QED) is 0.773. The number of nitrogens with zero attached hydrogens (tertiary/aromatic N) is 2. The number of carbonyl (C=O) groups excluding carboxylic acids is 1. The topological polar surface area (TPSA) is 35.6 Å². The maximum absolute atomic E-state index is 11.8. The van der Waals surface area contributed by atoms with E-state index in [0.717, 1.165) is 19.6 Å². The molecule has 1 N–H and O–H groups in total. The summed E-state index contributed by atoms with van der Waals surface area (Å²) in [4.78, 5) is 16.0. The van der Waals surface area contributed by atoms with Crippen LogP contribution >= 0.6 is 0 Å². The van der Waals surface area contributed by atoms with Gasteiger partial charge in [-0.2, -0.15) is 0 Å². The Kier molecular flexibility index (Phi) is 5.60. The highest BCUT2D eigenvalue weighted by atomic mass is 16.2. The van der Waals surface area contributed by atoms with Crippen molar-refractivity contribution in [2.45, 2.75) is 39.7 Å². The third-order valence-electron chi connectivity index (χ3n) is 3.15. The average Bonchev–Trinajstić information content (AvgIpc) is 2.71. The van der Waals surface area contributed by atoms with Gasteiger partial charge in [0.2, 0.25) is 0 Å². The molecule has 1 unspecified atom stereocenters. The van der Waals surface area contributed by atoms with Gasteiger partial charge in [0.25, 0.3) is 0 Å². The molecule has 2 amide bonds. The molecule has 0 radical (unpaired) electrons. The summed E-state index contributed by atoms with van der Waals surface area (Å²) in [6, 6.07) is 0.308. The minimum Gasteiger partial charge on any atom is -0.334 e. The lowest BCUT2D eigenvalue weighted by atomic mass is 10.3. The van der Waals surface area contributed by atoms with Crippen molar-refractivity contribution in [2.24, 2.45) is 0 Å². The zero-order valence-electron chi connectivity index (χ0n) is 10.8. The van der Waals surface area contributed by atoms with Gasteiger partial charge < -0.3 is 15.1 Å². The predicted molar refractivity (Wildman–Crippen MR) is 66.6 cm³/mol. The largest absolute Gasteiger partial charge is 0.334 e. The molecular formula is C12H25N3O. The molecule has 0 saturated carbocycles. The molecule has 0 aromatic heterocycles. The molecule has 1 atom stereocenters. The van der Waals surface area contributed by atoms with Crippen LogP contribution in [-0.2, 0) is 0 Å². The van der Waals surface area contributed by atoms with E-state index in [0.29, 0.717) is 0 Å². The molecule has 16 heavy (non-hydrogen) atoms. The SMILES string of the molecule is CCN(CC)C(=O)NC(C)CN1CCCC1. The van der Waals surface area contributed by atoms with Gasteiger partial charge in [-0.3, -0.25) is 0 Å². The minimum atomic E-state index is 0.0664. The van der Waals surface area contributed by atoms with Crippen LogP contribution in [-0.4, -0.2) is 54.6 Å². The van der Waals surface area contributed by atoms with E-state index in [1.165, 1.54) is 25.9 Å². The Morgan fingerprint density at radius 2 is 1.88 bits per heavy atom. The normalized spacial score (nSPS) is 18.4. The summed E-state index contributed by atoms with van der Waals surface area (Å²) in [5.41, 5.74) is 0. The number of amides is 2. The van der Waals surface area contributed by atoms with Crippen LogP contribution < -0.4 is 5.32 Å². The molecule has 0 bridgehead atoms. The zero-order chi connectivity index (χ0) is 12.0. The van der Waals surface area contributed by atoms with Crippen LogP contribution in [0.25, 0.3) is 0 Å². The van der Waals surface area contributed by atoms with Gasteiger partial charge in [0, 0.05) is 25.7 Å². The zero-order valence-corrected chi connectivity index (χ0v) is 10.8. The lowest BCUT2D eigenvalue weighted by molar-refractivity contribution is 0.195. The molecule has 1 aliphatic heterocycles. The Labute approximate surface area is 99.0 Å². The van der Waals surface area contributed by atoms with Crippen molar-refractivity contribution in [1.82, 2.24) is 15.1 Å². The summed E-state index contributed by atoms with van der Waals surface area (Å²) in [6.45, 7) is 11.0. The monoisotopic (exact) mass is 227 g/mol. The van der Waals surface area contributed by atoms with Crippen LogP contribution in [0.15, 0.2) is 0 Å². The second kappa shape index (κ2) is 6.74. The van der Waals surface area contributed by atoms with E-state index in [2.05, 4.69) is 17.1 Å². The second-order valence-corrected chi connectivity index (χ2v) is 4.53. The fourth-order valence-corrected chi connectivity index (χ4v) is 2.21. The summed E-state index contributed by atoms with van der Waals surface area (Å²) >= 11 is 0. The number of nitrogens with one attached hydrogen (secondary N) is 1. The number of likely N-dealkylation sites (tertiary alicyclic amines) is 1. The van der Waals surface area contributed by atoms with Crippen molar-refractivity contribution in [2.75, 3.05) is 32.7 Å². The molecule has 0 aliphatic carbocycles. The van der Waals surface area contributed by atoms with Crippen LogP contribution in [0.1, 0.15) is 33.6 Å². The first kappa shape index (κ1) is 13.3. The summed E-state index contributed by atoms with van der Waals surface area (Å²) < 4.78 is 0. The van der Waals surface area contributed by atoms with Gasteiger partial charge in [-0.1, -0.05) is 0 Å². The van der Waals surface area contributed by atoms with Crippen molar-refractivity contribution in [3.63, 3.8) is 0 Å². The molecule has 4 nitrogen and oxygen atoms in total. The first-order chi connectivity index (χ1) is 7.67. The van der Waals surface area contributed by atoms with Crippen molar-refractivity contribution < 1.29 is 4.79 Å². The third-order valence-corrected chi connectivity index (χ3v) is 3.15. The summed E-state index contributed by atoms with van der Waals surface area (Å²) in [6.07, 6.45) is 2.60. The number of urea groups is 1. The molecule has 1 saturated heterocycles. The summed E-state index contributed by atoms with van der Waals surface area (Å²) in [5.74, 6) is 0. The number of carbonyl (C=O) groups is 1. The Morgan fingerprint density at radius 3 is 2.38 bits per heavy atom. The summed E-state index contributed by atoms with van der Waals surface area (Å²) in [5, 5.41) is 3.05. The maximum atomic E-state index is 11.8. The van der Waals surface area contributed by atoms with Crippen LogP contribution in [0.4, 0.5) is 4.79 Å². The smallest absolute Gasteiger partial charge is 0.317 e. The van der Waals surface area contributed by atoms with Crippen LogP contribution in [0.2, 0.25) is 0 Å². The molecular weight excluding hydrogens is 202 g/mol. The fourth-order valence-electron chi connectivity index (χ4n) is 2.21. The van der Waals surface area contributed by atoms with Crippen LogP contribution in [0, 0.1) is 0 Å². The highest BCUT2D eigenvalue weighted by Crippen LogP contribution is 2.07. The van der Waals surface area contributed by atoms with E-state index in [1.807, 2.05) is 18.7 Å². The first-order valence-corrected chi connectivity index (χ1v) is 6.45. The van der Waals surface area contributed by atoms with Gasteiger partial charge in [0.05, 0.1) is 0 Å². The minimum absolute atomic E-state index is 0.0664. The van der Waals surface area contributed by atoms with Crippen molar-refractivity contribution in [1.29, 1.82) is 0 Å². The van der Waals surface area contributed by atoms with Gasteiger partial charge in [-0.15, -0.1) is 0 Å². The Bertz CT molecular complexity index is 210. The molecule has 4 heteroatoms. The van der Waals surface area contributed by atoms with E-state index in [9.17, 15) is 4.79 Å². The van der Waals surface area contributed by atoms with Gasteiger partial charge in [-0.05, 0) is 46.7 Å². The van der Waals surface area contributed by atoms with Gasteiger partial charge in [0.1, 0.15) is 0 Å². The molecule has 94 valence electrons. The third kappa shape index (κ3) is 4.00. The van der Waals surface area contributed by atoms with Crippen molar-refractivity contribution in [3.05, 3.63) is 0 Å². The summed E-state index contributed by atoms with van der Waals surface area (Å²) in [7, 11) is 0. The predicted octanol–water partition coefficient (Wildman–Crippen LogP) is 1.52. The number of rotatable bonds is 5. The highest BCUT2D eigenvalue weighted by Gasteiger charge is 2.17.